The fourth-order valence-electron chi connectivity index (χ4n) is 2.11. The Hall–Kier alpha value is -0.870. The van der Waals surface area contributed by atoms with Crippen LogP contribution in [0, 0.1) is 12.3 Å². The molecule has 16 heavy (non-hydrogen) atoms. The maximum atomic E-state index is 12.4. The van der Waals surface area contributed by atoms with Crippen molar-refractivity contribution in [1.29, 1.82) is 0 Å². The highest BCUT2D eigenvalue weighted by Crippen LogP contribution is 2.47. The van der Waals surface area contributed by atoms with Gasteiger partial charge < -0.3 is 10.2 Å². The second kappa shape index (κ2) is 4.18. The van der Waals surface area contributed by atoms with Crippen LogP contribution in [0.1, 0.15) is 18.4 Å². The molecule has 0 unspecified atom stereocenters. The molecule has 0 aromatic carbocycles. The Bertz CT molecular complexity index is 395. The number of hydrogen-bond acceptors (Lipinski definition) is 3. The van der Waals surface area contributed by atoms with Gasteiger partial charge >= 0.3 is 0 Å². The highest BCUT2D eigenvalue weighted by atomic mass is 32.1. The molecule has 0 spiro atoms. The van der Waals surface area contributed by atoms with Crippen molar-refractivity contribution < 1.29 is 4.79 Å². The third kappa shape index (κ3) is 1.87. The van der Waals surface area contributed by atoms with E-state index in [9.17, 15) is 4.79 Å². The highest BCUT2D eigenvalue weighted by molar-refractivity contribution is 7.14. The lowest BCUT2D eigenvalue weighted by atomic mass is 10.1. The molecule has 1 saturated carbocycles. The SMILES string of the molecule is CNCC1(C(=O)N(C)c2sccc2C)CC1. The Morgan fingerprint density at radius 2 is 2.31 bits per heavy atom. The van der Waals surface area contributed by atoms with E-state index in [-0.39, 0.29) is 11.3 Å². The summed E-state index contributed by atoms with van der Waals surface area (Å²) < 4.78 is 0. The van der Waals surface area contributed by atoms with Gasteiger partial charge in [0.1, 0.15) is 5.00 Å². The third-order valence-electron chi connectivity index (χ3n) is 3.27. The molecule has 1 N–H and O–H groups in total. The summed E-state index contributed by atoms with van der Waals surface area (Å²) in [5.41, 5.74) is 1.06. The predicted octanol–water partition coefficient (Wildman–Crippen LogP) is 2.02. The first-order chi connectivity index (χ1) is 7.60. The van der Waals surface area contributed by atoms with Gasteiger partial charge in [0.15, 0.2) is 0 Å². The molecule has 1 aromatic heterocycles. The average molecular weight is 238 g/mol. The van der Waals surface area contributed by atoms with Gasteiger partial charge in [-0.2, -0.15) is 0 Å². The van der Waals surface area contributed by atoms with Crippen LogP contribution in [0.2, 0.25) is 0 Å². The van der Waals surface area contributed by atoms with Crippen molar-refractivity contribution in [2.45, 2.75) is 19.8 Å². The van der Waals surface area contributed by atoms with Crippen molar-refractivity contribution in [2.24, 2.45) is 5.41 Å². The number of nitrogens with one attached hydrogen (secondary N) is 1. The number of hydrogen-bond donors (Lipinski definition) is 1. The number of aryl methyl sites for hydroxylation is 1. The maximum absolute atomic E-state index is 12.4. The fraction of sp³-hybridized carbons (Fsp3) is 0.583. The highest BCUT2D eigenvalue weighted by Gasteiger charge is 2.50. The van der Waals surface area contributed by atoms with Gasteiger partial charge in [-0.3, -0.25) is 4.79 Å². The van der Waals surface area contributed by atoms with Crippen LogP contribution in [0.25, 0.3) is 0 Å². The van der Waals surface area contributed by atoms with Gasteiger partial charge in [0.2, 0.25) is 5.91 Å². The summed E-state index contributed by atoms with van der Waals surface area (Å²) in [6.45, 7) is 2.84. The second-order valence-corrected chi connectivity index (χ2v) is 5.48. The van der Waals surface area contributed by atoms with E-state index in [2.05, 4.69) is 11.4 Å². The van der Waals surface area contributed by atoms with Gasteiger partial charge in [0, 0.05) is 13.6 Å². The minimum Gasteiger partial charge on any atom is -0.319 e. The van der Waals surface area contributed by atoms with E-state index in [1.165, 1.54) is 5.56 Å². The number of anilines is 1. The lowest BCUT2D eigenvalue weighted by molar-refractivity contribution is -0.123. The van der Waals surface area contributed by atoms with Crippen LogP contribution in [-0.2, 0) is 4.79 Å². The molecule has 3 nitrogen and oxygen atoms in total. The van der Waals surface area contributed by atoms with E-state index in [4.69, 9.17) is 0 Å². The van der Waals surface area contributed by atoms with Crippen LogP contribution in [0.3, 0.4) is 0 Å². The standard InChI is InChI=1S/C12H18N2OS/c1-9-4-7-16-10(9)14(3)11(15)12(5-6-12)8-13-2/h4,7,13H,5-6,8H2,1-3H3. The summed E-state index contributed by atoms with van der Waals surface area (Å²) in [7, 11) is 3.79. The molecule has 0 atom stereocenters. The molecule has 2 rings (SSSR count). The molecular weight excluding hydrogens is 220 g/mol. The van der Waals surface area contributed by atoms with Crippen LogP contribution < -0.4 is 10.2 Å². The summed E-state index contributed by atoms with van der Waals surface area (Å²) in [6, 6.07) is 2.06. The molecule has 0 radical (unpaired) electrons. The number of nitrogens with zero attached hydrogens (tertiary/aromatic N) is 1. The maximum Gasteiger partial charge on any atom is 0.234 e. The zero-order valence-corrected chi connectivity index (χ0v) is 10.9. The van der Waals surface area contributed by atoms with Gasteiger partial charge in [-0.15, -0.1) is 11.3 Å². The largest absolute Gasteiger partial charge is 0.319 e. The van der Waals surface area contributed by atoms with Crippen LogP contribution in [-0.4, -0.2) is 26.5 Å². The van der Waals surface area contributed by atoms with E-state index in [1.54, 1.807) is 11.3 Å². The van der Waals surface area contributed by atoms with Crippen molar-refractivity contribution in [3.8, 4) is 0 Å². The van der Waals surface area contributed by atoms with Crippen LogP contribution in [0.4, 0.5) is 5.00 Å². The first-order valence-corrected chi connectivity index (χ1v) is 6.45. The van der Waals surface area contributed by atoms with Crippen molar-refractivity contribution in [1.82, 2.24) is 5.32 Å². The minimum atomic E-state index is -0.125. The summed E-state index contributed by atoms with van der Waals surface area (Å²) >= 11 is 1.63. The lowest BCUT2D eigenvalue weighted by Crippen LogP contribution is -2.38. The van der Waals surface area contributed by atoms with Gasteiger partial charge in [0.25, 0.3) is 0 Å². The Morgan fingerprint density at radius 1 is 1.62 bits per heavy atom. The molecule has 0 aliphatic heterocycles. The predicted molar refractivity (Wildman–Crippen MR) is 68.1 cm³/mol. The molecule has 1 aromatic rings. The Labute approximate surface area is 100 Å². The number of rotatable bonds is 4. The van der Waals surface area contributed by atoms with Gasteiger partial charge in [-0.05, 0) is 43.8 Å². The van der Waals surface area contributed by atoms with E-state index in [0.717, 1.165) is 24.4 Å². The van der Waals surface area contributed by atoms with Crippen LogP contribution in [0.15, 0.2) is 11.4 Å². The Morgan fingerprint density at radius 3 is 2.75 bits per heavy atom. The first kappa shape index (κ1) is 11.6. The van der Waals surface area contributed by atoms with Gasteiger partial charge in [-0.25, -0.2) is 0 Å². The van der Waals surface area contributed by atoms with Crippen molar-refractivity contribution in [3.63, 3.8) is 0 Å². The van der Waals surface area contributed by atoms with Crippen LogP contribution >= 0.6 is 11.3 Å². The molecule has 4 heteroatoms. The van der Waals surface area contributed by atoms with E-state index in [1.807, 2.05) is 31.3 Å². The Balaban J connectivity index is 2.14. The number of carbonyl (C=O) groups excluding carboxylic acids is 1. The normalized spacial score (nSPS) is 17.2. The molecule has 88 valence electrons. The number of amides is 1. The average Bonchev–Trinajstić information content (AvgIpc) is 2.92. The van der Waals surface area contributed by atoms with E-state index in [0.29, 0.717) is 0 Å². The lowest BCUT2D eigenvalue weighted by Gasteiger charge is -2.22. The molecule has 0 bridgehead atoms. The molecular formula is C12H18N2OS. The third-order valence-corrected chi connectivity index (χ3v) is 4.36. The molecule has 0 saturated heterocycles. The zero-order valence-electron chi connectivity index (χ0n) is 10.0. The quantitative estimate of drug-likeness (QED) is 0.870. The van der Waals surface area contributed by atoms with Gasteiger partial charge in [0.05, 0.1) is 5.41 Å². The Kier molecular flexibility index (Phi) is 3.04. The topological polar surface area (TPSA) is 32.3 Å². The molecule has 1 heterocycles. The summed E-state index contributed by atoms with van der Waals surface area (Å²) in [5, 5.41) is 6.23. The van der Waals surface area contributed by atoms with Crippen LogP contribution in [0.5, 0.6) is 0 Å². The molecule has 1 fully saturated rings. The second-order valence-electron chi connectivity index (χ2n) is 4.58. The summed E-state index contributed by atoms with van der Waals surface area (Å²) in [6.07, 6.45) is 2.03. The number of carbonyl (C=O) groups is 1. The monoisotopic (exact) mass is 238 g/mol. The smallest absolute Gasteiger partial charge is 0.234 e. The first-order valence-electron chi connectivity index (χ1n) is 5.57. The summed E-state index contributed by atoms with van der Waals surface area (Å²) in [4.78, 5) is 14.2. The van der Waals surface area contributed by atoms with Crippen molar-refractivity contribution in [3.05, 3.63) is 17.0 Å². The van der Waals surface area contributed by atoms with E-state index >= 15 is 0 Å². The van der Waals surface area contributed by atoms with Crippen molar-refractivity contribution >= 4 is 22.2 Å². The zero-order chi connectivity index (χ0) is 11.8. The minimum absolute atomic E-state index is 0.125. The van der Waals surface area contributed by atoms with Gasteiger partial charge in [-0.1, -0.05) is 0 Å². The van der Waals surface area contributed by atoms with E-state index < -0.39 is 0 Å². The molecule has 1 aliphatic rings. The molecule has 1 amide bonds. The van der Waals surface area contributed by atoms with Crippen molar-refractivity contribution in [2.75, 3.05) is 25.5 Å². The molecule has 1 aliphatic carbocycles. The summed E-state index contributed by atoms with van der Waals surface area (Å²) in [5.74, 6) is 0.257. The fourth-order valence-corrected chi connectivity index (χ4v) is 3.01. The number of thiophene rings is 1.